The average molecular weight is 1070 g/mol. The van der Waals surface area contributed by atoms with Gasteiger partial charge in [0.15, 0.2) is 91.6 Å². The quantitative estimate of drug-likeness (QED) is 0.0151. The fraction of sp³-hybridized carbons (Fsp3) is 0. The Morgan fingerprint density at radius 3 is 1.27 bits per heavy atom. The molecule has 0 amide bonds. The highest BCUT2D eigenvalue weighted by Crippen LogP contribution is 2.65. The van der Waals surface area contributed by atoms with Gasteiger partial charge >= 0.3 is 0 Å². The zero-order valence-electron chi connectivity index (χ0n) is 37.3. The first-order valence-electron chi connectivity index (χ1n) is 20.4. The minimum Gasteiger partial charge on any atom is -0.508 e. The summed E-state index contributed by atoms with van der Waals surface area (Å²) in [6, 6.07) is 0.269. The molecule has 0 aliphatic heterocycles. The Morgan fingerprint density at radius 2 is 0.753 bits per heavy atom. The van der Waals surface area contributed by atoms with E-state index < -0.39 is 248 Å². The van der Waals surface area contributed by atoms with Gasteiger partial charge in [-0.3, -0.25) is 0 Å². The molecule has 8 aromatic rings. The van der Waals surface area contributed by atoms with Gasteiger partial charge in [-0.1, -0.05) is 6.58 Å². The standard InChI is InChI=1S/C46H29B2NO28/c1-3(50)6(15-25(54)18-20(35(64)33(15)62)39(68)46(75)45(74)37(18)66)29(58)41(70)31(60)12-9-7(5(77-49-76)2-4(51)23(9)52)8(11-14-16(27(56)21(47)26(11)55)36(65)44(73)43(72)32(14)61)10-13(12)30(59)34(63)17(24(10)53)19-28(57)22(48)40(69)42(71)38(19)67/h2,50-75H,1H2/b29-6-,41-31+. The molecule has 0 aliphatic rings. The second-order valence-electron chi connectivity index (χ2n) is 16.3. The number of rotatable bonds is 8. The molecule has 31 heteroatoms. The Morgan fingerprint density at radius 1 is 0.364 bits per heavy atom. The highest BCUT2D eigenvalue weighted by atomic mass is 16.7. The van der Waals surface area contributed by atoms with E-state index in [1.807, 2.05) is 0 Å². The van der Waals surface area contributed by atoms with Crippen LogP contribution >= 0.6 is 0 Å². The van der Waals surface area contributed by atoms with Gasteiger partial charge in [-0.25, -0.2) is 0 Å². The van der Waals surface area contributed by atoms with Crippen LogP contribution < -0.4 is 15.8 Å². The average Bonchev–Trinajstić information content (AvgIpc) is 3.51. The van der Waals surface area contributed by atoms with E-state index in [0.717, 1.165) is 0 Å². The fourth-order valence-corrected chi connectivity index (χ4v) is 8.90. The molecule has 0 aromatic heterocycles. The predicted molar refractivity (Wildman–Crippen MR) is 261 cm³/mol. The number of phenols is 22. The molecule has 0 fully saturated rings. The number of aliphatic hydroxyl groups is 4. The van der Waals surface area contributed by atoms with Crippen molar-refractivity contribution in [3.05, 3.63) is 46.0 Å². The molecule has 0 bridgehead atoms. The van der Waals surface area contributed by atoms with Gasteiger partial charge in [0.1, 0.15) is 50.2 Å². The van der Waals surface area contributed by atoms with Crippen LogP contribution in [0.1, 0.15) is 11.1 Å². The van der Waals surface area contributed by atoms with Crippen LogP contribution in [0.3, 0.4) is 0 Å². The molecular weight excluding hydrogens is 1040 g/mol. The Hall–Kier alpha value is -11.7. The number of aliphatic hydroxyl groups excluding tert-OH is 4. The summed E-state index contributed by atoms with van der Waals surface area (Å²) in [7, 11) is 11.7. The van der Waals surface area contributed by atoms with E-state index >= 15 is 0 Å². The summed E-state index contributed by atoms with van der Waals surface area (Å²) >= 11 is 0. The highest BCUT2D eigenvalue weighted by molar-refractivity contribution is 6.41. The summed E-state index contributed by atoms with van der Waals surface area (Å²) in [5.41, 5.74) is -13.2. The van der Waals surface area contributed by atoms with Gasteiger partial charge in [0.2, 0.25) is 34.5 Å². The minimum absolute atomic E-state index is 0.269. The van der Waals surface area contributed by atoms with Gasteiger partial charge < -0.3 is 138 Å². The van der Waals surface area contributed by atoms with Crippen LogP contribution in [0.25, 0.3) is 76.7 Å². The van der Waals surface area contributed by atoms with Crippen molar-refractivity contribution >= 4 is 81.0 Å². The number of benzene rings is 8. The molecule has 77 heavy (non-hydrogen) atoms. The molecule has 8 rings (SSSR count). The van der Waals surface area contributed by atoms with Crippen LogP contribution in [0.15, 0.2) is 35.3 Å². The SMILES string of the molecule is [B]c1c(O)c(O)c(O)c(-c2c(O)c(O)c3c(/C(O)=C(O)/C(O)=C(\C(=C)O)c4c(O)c(O)c5c(O)c(O)c(O)c(O)c5c4O)c4c(O)c(O)cc(ON=O)c4c(-c4c(O)c([B])c(O)c5c(O)c(O)c(O)c(O)c45)c3c2O)c1O. The second-order valence-corrected chi connectivity index (χ2v) is 16.3. The van der Waals surface area contributed by atoms with E-state index in [1.165, 1.54) is 0 Å². The summed E-state index contributed by atoms with van der Waals surface area (Å²) in [6.07, 6.45) is 0. The van der Waals surface area contributed by atoms with E-state index in [0.29, 0.717) is 0 Å². The lowest BCUT2D eigenvalue weighted by molar-refractivity contribution is 0.312. The van der Waals surface area contributed by atoms with E-state index in [1.54, 1.807) is 0 Å². The number of allylic oxidation sites excluding steroid dienone is 1. The van der Waals surface area contributed by atoms with Crippen molar-refractivity contribution in [2.45, 2.75) is 0 Å². The molecule has 29 nitrogen and oxygen atoms in total. The molecule has 392 valence electrons. The molecular formula is C46H29B2NO28. The lowest BCUT2D eigenvalue weighted by Gasteiger charge is -2.25. The smallest absolute Gasteiger partial charge is 0.205 e. The zero-order valence-corrected chi connectivity index (χ0v) is 37.3. The van der Waals surface area contributed by atoms with Crippen LogP contribution in [-0.4, -0.2) is 148 Å². The van der Waals surface area contributed by atoms with Gasteiger partial charge in [-0.15, -0.1) is 4.91 Å². The Kier molecular flexibility index (Phi) is 11.4. The highest BCUT2D eigenvalue weighted by Gasteiger charge is 2.40. The molecule has 0 saturated heterocycles. The van der Waals surface area contributed by atoms with Crippen molar-refractivity contribution in [1.29, 1.82) is 0 Å². The number of hydrogen-bond acceptors (Lipinski definition) is 29. The maximum atomic E-state index is 12.6. The van der Waals surface area contributed by atoms with Gasteiger partial charge in [-0.2, -0.15) is 0 Å². The van der Waals surface area contributed by atoms with E-state index in [-0.39, 0.29) is 6.07 Å². The topological polar surface area (TPSA) is 565 Å². The zero-order chi connectivity index (χ0) is 57.5. The van der Waals surface area contributed by atoms with Gasteiger partial charge in [-0.05, 0) is 10.9 Å². The van der Waals surface area contributed by atoms with Crippen molar-refractivity contribution in [1.82, 2.24) is 0 Å². The first-order chi connectivity index (χ1) is 35.8. The Balaban J connectivity index is 1.74. The van der Waals surface area contributed by atoms with Crippen molar-refractivity contribution < 1.29 is 138 Å². The van der Waals surface area contributed by atoms with Crippen molar-refractivity contribution in [3.63, 3.8) is 0 Å². The van der Waals surface area contributed by atoms with Crippen molar-refractivity contribution in [2.75, 3.05) is 0 Å². The monoisotopic (exact) mass is 1070 g/mol. The molecule has 8 aromatic carbocycles. The van der Waals surface area contributed by atoms with Crippen LogP contribution in [0.4, 0.5) is 0 Å². The third-order valence-electron chi connectivity index (χ3n) is 12.4. The van der Waals surface area contributed by atoms with E-state index in [4.69, 9.17) is 20.5 Å². The molecule has 0 unspecified atom stereocenters. The Bertz CT molecular complexity index is 4170. The maximum absolute atomic E-state index is 12.6. The number of phenolic OH excluding ortho intramolecular Hbond substituents is 22. The number of hydrogen-bond donors (Lipinski definition) is 26. The molecule has 0 atom stereocenters. The van der Waals surface area contributed by atoms with Crippen LogP contribution in [0, 0.1) is 4.91 Å². The van der Waals surface area contributed by atoms with Crippen molar-refractivity contribution in [3.8, 4) is 154 Å². The molecule has 0 aliphatic carbocycles. The third kappa shape index (κ3) is 6.56. The van der Waals surface area contributed by atoms with Crippen LogP contribution in [0.2, 0.25) is 0 Å². The molecule has 0 saturated carbocycles. The fourth-order valence-electron chi connectivity index (χ4n) is 8.90. The summed E-state index contributed by atoms with van der Waals surface area (Å²) in [5.74, 6) is -45.6. The first-order valence-corrected chi connectivity index (χ1v) is 20.4. The van der Waals surface area contributed by atoms with Gasteiger partial charge in [0.25, 0.3) is 0 Å². The van der Waals surface area contributed by atoms with Gasteiger partial charge in [0, 0.05) is 49.7 Å². The minimum atomic E-state index is -2.22. The largest absolute Gasteiger partial charge is 0.508 e. The normalized spacial score (nSPS) is 12.3. The molecule has 4 radical (unpaired) electrons. The second kappa shape index (κ2) is 17.0. The number of fused-ring (bicyclic) bond motifs is 4. The first kappa shape index (κ1) is 51.7. The molecule has 0 heterocycles. The molecule has 26 N–H and O–H groups in total. The summed E-state index contributed by atoms with van der Waals surface area (Å²) < 4.78 is 0. The Labute approximate surface area is 423 Å². The van der Waals surface area contributed by atoms with Gasteiger partial charge in [0.05, 0.1) is 38.4 Å². The maximum Gasteiger partial charge on any atom is 0.205 e. The van der Waals surface area contributed by atoms with Crippen LogP contribution in [-0.2, 0) is 0 Å². The van der Waals surface area contributed by atoms with Crippen LogP contribution in [0.5, 0.6) is 132 Å². The lowest BCUT2D eigenvalue weighted by Crippen LogP contribution is -2.08. The summed E-state index contributed by atoms with van der Waals surface area (Å²) in [5, 5.41) is 283. The predicted octanol–water partition coefficient (Wildman–Crippen LogP) is 3.63. The van der Waals surface area contributed by atoms with E-state index in [2.05, 4.69) is 11.9 Å². The van der Waals surface area contributed by atoms with Crippen molar-refractivity contribution in [2.24, 2.45) is 5.34 Å². The summed E-state index contributed by atoms with van der Waals surface area (Å²) in [4.78, 5) is 16.8. The molecule has 0 spiro atoms. The van der Waals surface area contributed by atoms with E-state index in [9.17, 15) is 138 Å². The third-order valence-corrected chi connectivity index (χ3v) is 12.4. The lowest BCUT2D eigenvalue weighted by atomic mass is 9.78. The summed E-state index contributed by atoms with van der Waals surface area (Å²) in [6.45, 7) is 3.09. The number of aromatic hydroxyl groups is 22. The number of nitrogens with zero attached hydrogens (tertiary/aromatic N) is 1.